The van der Waals surface area contributed by atoms with Crippen molar-refractivity contribution in [3.05, 3.63) is 0 Å². The zero-order valence-electron chi connectivity index (χ0n) is 12.0. The third-order valence-electron chi connectivity index (χ3n) is 3.14. The molecule has 0 saturated heterocycles. The first-order valence-corrected chi connectivity index (χ1v) is 6.59. The summed E-state index contributed by atoms with van der Waals surface area (Å²) >= 11 is 0. The van der Waals surface area contributed by atoms with Crippen molar-refractivity contribution in [2.75, 3.05) is 20.1 Å². The van der Waals surface area contributed by atoms with Crippen LogP contribution in [0.25, 0.3) is 0 Å². The fourth-order valence-corrected chi connectivity index (χ4v) is 1.38. The Morgan fingerprint density at radius 2 is 1.82 bits per heavy atom. The number of carbonyl (C=O) groups excluding carboxylic acids is 1. The van der Waals surface area contributed by atoms with Gasteiger partial charge in [0.2, 0.25) is 5.91 Å². The summed E-state index contributed by atoms with van der Waals surface area (Å²) in [5.74, 6) is 0.166. The Bertz CT molecular complexity index is 217. The van der Waals surface area contributed by atoms with Crippen molar-refractivity contribution in [1.82, 2.24) is 10.2 Å². The van der Waals surface area contributed by atoms with Gasteiger partial charge in [-0.3, -0.25) is 4.79 Å². The second-order valence-corrected chi connectivity index (χ2v) is 5.34. The van der Waals surface area contributed by atoms with Gasteiger partial charge in [-0.15, -0.1) is 0 Å². The molecule has 0 aromatic rings. The Morgan fingerprint density at radius 1 is 1.24 bits per heavy atom. The highest BCUT2D eigenvalue weighted by Gasteiger charge is 2.15. The van der Waals surface area contributed by atoms with Crippen LogP contribution in [-0.2, 0) is 4.79 Å². The number of rotatable bonds is 8. The molecule has 0 spiro atoms. The second-order valence-electron chi connectivity index (χ2n) is 5.34. The van der Waals surface area contributed by atoms with Crippen LogP contribution in [0, 0.1) is 5.92 Å². The summed E-state index contributed by atoms with van der Waals surface area (Å²) in [5.41, 5.74) is 5.74. The standard InChI is InChI=1S/C13H29N3O/c1-10(2)12(14)13(17)15-8-6-7-9-16(5)11(3)4/h10-12H,6-9,14H2,1-5H3,(H,15,17). The van der Waals surface area contributed by atoms with E-state index in [0.29, 0.717) is 6.04 Å². The average Bonchev–Trinajstić information content (AvgIpc) is 2.26. The van der Waals surface area contributed by atoms with Crippen LogP contribution in [0.1, 0.15) is 40.5 Å². The van der Waals surface area contributed by atoms with E-state index in [1.165, 1.54) is 0 Å². The molecule has 0 aromatic carbocycles. The molecule has 0 saturated carbocycles. The summed E-state index contributed by atoms with van der Waals surface area (Å²) in [7, 11) is 2.12. The molecular formula is C13H29N3O. The van der Waals surface area contributed by atoms with Gasteiger partial charge in [0.1, 0.15) is 0 Å². The van der Waals surface area contributed by atoms with Gasteiger partial charge in [-0.05, 0) is 46.2 Å². The normalized spacial score (nSPS) is 13.5. The van der Waals surface area contributed by atoms with Crippen molar-refractivity contribution in [1.29, 1.82) is 0 Å². The Labute approximate surface area is 106 Å². The summed E-state index contributed by atoms with van der Waals surface area (Å²) in [6.45, 7) is 10.1. The predicted octanol–water partition coefficient (Wildman–Crippen LogP) is 1.21. The van der Waals surface area contributed by atoms with Gasteiger partial charge in [0.25, 0.3) is 0 Å². The lowest BCUT2D eigenvalue weighted by atomic mass is 10.1. The summed E-state index contributed by atoms with van der Waals surface area (Å²) in [6, 6.07) is 0.201. The van der Waals surface area contributed by atoms with E-state index in [2.05, 4.69) is 31.1 Å². The fourth-order valence-electron chi connectivity index (χ4n) is 1.38. The molecule has 0 aromatic heterocycles. The number of unbranched alkanes of at least 4 members (excludes halogenated alkanes) is 1. The van der Waals surface area contributed by atoms with Crippen molar-refractivity contribution in [2.24, 2.45) is 11.7 Å². The lowest BCUT2D eigenvalue weighted by molar-refractivity contribution is -0.123. The second kappa shape index (κ2) is 8.48. The van der Waals surface area contributed by atoms with Crippen LogP contribution in [0.5, 0.6) is 0 Å². The number of nitrogens with zero attached hydrogens (tertiary/aromatic N) is 1. The Kier molecular flexibility index (Phi) is 8.17. The number of nitrogens with two attached hydrogens (primary N) is 1. The average molecular weight is 243 g/mol. The third-order valence-corrected chi connectivity index (χ3v) is 3.14. The van der Waals surface area contributed by atoms with Gasteiger partial charge < -0.3 is 16.0 Å². The summed E-state index contributed by atoms with van der Waals surface area (Å²) in [6.07, 6.45) is 2.11. The van der Waals surface area contributed by atoms with E-state index < -0.39 is 0 Å². The van der Waals surface area contributed by atoms with Crippen molar-refractivity contribution in [3.8, 4) is 0 Å². The van der Waals surface area contributed by atoms with Crippen LogP contribution in [-0.4, -0.2) is 43.0 Å². The van der Waals surface area contributed by atoms with Gasteiger partial charge in [-0.2, -0.15) is 0 Å². The predicted molar refractivity (Wildman–Crippen MR) is 72.8 cm³/mol. The molecule has 102 valence electrons. The first kappa shape index (κ1) is 16.4. The molecule has 0 fully saturated rings. The van der Waals surface area contributed by atoms with E-state index in [0.717, 1.165) is 25.9 Å². The summed E-state index contributed by atoms with van der Waals surface area (Å²) in [5, 5.41) is 2.88. The number of hydrogen-bond acceptors (Lipinski definition) is 3. The highest BCUT2D eigenvalue weighted by atomic mass is 16.2. The molecular weight excluding hydrogens is 214 g/mol. The lowest BCUT2D eigenvalue weighted by Gasteiger charge is -2.21. The highest BCUT2D eigenvalue weighted by Crippen LogP contribution is 1.99. The van der Waals surface area contributed by atoms with Gasteiger partial charge in [0, 0.05) is 12.6 Å². The molecule has 0 aliphatic heterocycles. The fraction of sp³-hybridized carbons (Fsp3) is 0.923. The molecule has 1 atom stereocenters. The van der Waals surface area contributed by atoms with Crippen molar-refractivity contribution in [3.63, 3.8) is 0 Å². The Morgan fingerprint density at radius 3 is 2.29 bits per heavy atom. The molecule has 0 bridgehead atoms. The van der Waals surface area contributed by atoms with E-state index >= 15 is 0 Å². The molecule has 0 heterocycles. The quantitative estimate of drug-likeness (QED) is 0.630. The lowest BCUT2D eigenvalue weighted by Crippen LogP contribution is -2.44. The molecule has 0 radical (unpaired) electrons. The van der Waals surface area contributed by atoms with Gasteiger partial charge in [0.15, 0.2) is 0 Å². The van der Waals surface area contributed by atoms with Gasteiger partial charge in [-0.1, -0.05) is 13.8 Å². The topological polar surface area (TPSA) is 58.4 Å². The van der Waals surface area contributed by atoms with Gasteiger partial charge >= 0.3 is 0 Å². The molecule has 4 heteroatoms. The first-order valence-electron chi connectivity index (χ1n) is 6.59. The van der Waals surface area contributed by atoms with Crippen LogP contribution in [0.4, 0.5) is 0 Å². The van der Waals surface area contributed by atoms with Crippen LogP contribution in [0.3, 0.4) is 0 Å². The van der Waals surface area contributed by atoms with E-state index in [1.54, 1.807) is 0 Å². The maximum absolute atomic E-state index is 11.5. The van der Waals surface area contributed by atoms with E-state index in [1.807, 2.05) is 13.8 Å². The first-order chi connectivity index (χ1) is 7.86. The summed E-state index contributed by atoms with van der Waals surface area (Å²) in [4.78, 5) is 13.9. The number of amides is 1. The number of nitrogens with one attached hydrogen (secondary N) is 1. The maximum atomic E-state index is 11.5. The number of carbonyl (C=O) groups is 1. The van der Waals surface area contributed by atoms with Crippen LogP contribution < -0.4 is 11.1 Å². The summed E-state index contributed by atoms with van der Waals surface area (Å²) < 4.78 is 0. The molecule has 0 rings (SSSR count). The molecule has 3 N–H and O–H groups in total. The van der Waals surface area contributed by atoms with Crippen LogP contribution >= 0.6 is 0 Å². The third kappa shape index (κ3) is 7.34. The molecule has 1 amide bonds. The Balaban J connectivity index is 3.55. The zero-order valence-corrected chi connectivity index (χ0v) is 12.0. The molecule has 1 unspecified atom stereocenters. The monoisotopic (exact) mass is 243 g/mol. The maximum Gasteiger partial charge on any atom is 0.237 e. The SMILES string of the molecule is CC(C)C(N)C(=O)NCCCCN(C)C(C)C. The molecule has 17 heavy (non-hydrogen) atoms. The van der Waals surface area contributed by atoms with E-state index in [-0.39, 0.29) is 17.9 Å². The smallest absolute Gasteiger partial charge is 0.237 e. The highest BCUT2D eigenvalue weighted by molar-refractivity contribution is 5.81. The van der Waals surface area contributed by atoms with Crippen molar-refractivity contribution < 1.29 is 4.79 Å². The molecule has 0 aliphatic rings. The Hall–Kier alpha value is -0.610. The number of hydrogen-bond donors (Lipinski definition) is 2. The largest absolute Gasteiger partial charge is 0.355 e. The van der Waals surface area contributed by atoms with Crippen LogP contribution in [0.2, 0.25) is 0 Å². The molecule has 4 nitrogen and oxygen atoms in total. The minimum Gasteiger partial charge on any atom is -0.355 e. The van der Waals surface area contributed by atoms with E-state index in [4.69, 9.17) is 5.73 Å². The minimum atomic E-state index is -0.381. The minimum absolute atomic E-state index is 0.0304. The van der Waals surface area contributed by atoms with Gasteiger partial charge in [-0.25, -0.2) is 0 Å². The van der Waals surface area contributed by atoms with E-state index in [9.17, 15) is 4.79 Å². The zero-order chi connectivity index (χ0) is 13.4. The van der Waals surface area contributed by atoms with Crippen molar-refractivity contribution in [2.45, 2.75) is 52.6 Å². The van der Waals surface area contributed by atoms with Gasteiger partial charge in [0.05, 0.1) is 6.04 Å². The van der Waals surface area contributed by atoms with Crippen molar-refractivity contribution >= 4 is 5.91 Å². The van der Waals surface area contributed by atoms with Crippen LogP contribution in [0.15, 0.2) is 0 Å². The molecule has 0 aliphatic carbocycles.